The van der Waals surface area contributed by atoms with Crippen LogP contribution in [0, 0.1) is 0 Å². The molecule has 0 saturated carbocycles. The molecule has 0 aromatic heterocycles. The van der Waals surface area contributed by atoms with E-state index in [1.54, 1.807) is 6.92 Å². The SMILES string of the molecule is CC(NC(=O)CCl)C(=O)Nc1ccccc1Cc1ccccc1. The van der Waals surface area contributed by atoms with Gasteiger partial charge >= 0.3 is 0 Å². The topological polar surface area (TPSA) is 58.2 Å². The van der Waals surface area contributed by atoms with E-state index < -0.39 is 6.04 Å². The van der Waals surface area contributed by atoms with E-state index in [2.05, 4.69) is 10.6 Å². The van der Waals surface area contributed by atoms with Gasteiger partial charge in [0.15, 0.2) is 0 Å². The first-order chi connectivity index (χ1) is 11.1. The van der Waals surface area contributed by atoms with Gasteiger partial charge in [-0.15, -0.1) is 11.6 Å². The van der Waals surface area contributed by atoms with E-state index in [1.165, 1.54) is 0 Å². The summed E-state index contributed by atoms with van der Waals surface area (Å²) >= 11 is 5.43. The van der Waals surface area contributed by atoms with Crippen LogP contribution in [-0.2, 0) is 16.0 Å². The van der Waals surface area contributed by atoms with Gasteiger partial charge in [0.2, 0.25) is 11.8 Å². The van der Waals surface area contributed by atoms with E-state index in [0.29, 0.717) is 0 Å². The molecule has 2 amide bonds. The molecule has 0 aliphatic rings. The van der Waals surface area contributed by atoms with Crippen molar-refractivity contribution < 1.29 is 9.59 Å². The molecular formula is C18H19ClN2O2. The van der Waals surface area contributed by atoms with Crippen LogP contribution >= 0.6 is 11.6 Å². The third-order valence-electron chi connectivity index (χ3n) is 3.40. The largest absolute Gasteiger partial charge is 0.344 e. The second-order valence-corrected chi connectivity index (χ2v) is 5.50. The summed E-state index contributed by atoms with van der Waals surface area (Å²) in [5, 5.41) is 5.40. The summed E-state index contributed by atoms with van der Waals surface area (Å²) in [5.41, 5.74) is 2.92. The zero-order chi connectivity index (χ0) is 16.7. The first-order valence-electron chi connectivity index (χ1n) is 7.38. The van der Waals surface area contributed by atoms with Gasteiger partial charge in [-0.2, -0.15) is 0 Å². The summed E-state index contributed by atoms with van der Waals surface area (Å²) in [6.45, 7) is 1.62. The van der Waals surface area contributed by atoms with Gasteiger partial charge in [0.25, 0.3) is 0 Å². The highest BCUT2D eigenvalue weighted by atomic mass is 35.5. The maximum Gasteiger partial charge on any atom is 0.246 e. The van der Waals surface area contributed by atoms with Crippen molar-refractivity contribution in [2.45, 2.75) is 19.4 Å². The van der Waals surface area contributed by atoms with Gasteiger partial charge in [-0.25, -0.2) is 0 Å². The molecule has 0 fully saturated rings. The van der Waals surface area contributed by atoms with Crippen molar-refractivity contribution >= 4 is 29.1 Å². The maximum absolute atomic E-state index is 12.2. The van der Waals surface area contributed by atoms with Crippen molar-refractivity contribution in [1.82, 2.24) is 5.32 Å². The number of hydrogen-bond acceptors (Lipinski definition) is 2. The van der Waals surface area contributed by atoms with Crippen LogP contribution < -0.4 is 10.6 Å². The molecule has 2 aromatic carbocycles. The Hall–Kier alpha value is -2.33. The number of hydrogen-bond donors (Lipinski definition) is 2. The van der Waals surface area contributed by atoms with Crippen molar-refractivity contribution in [3.8, 4) is 0 Å². The number of carbonyl (C=O) groups excluding carboxylic acids is 2. The van der Waals surface area contributed by atoms with E-state index in [9.17, 15) is 9.59 Å². The van der Waals surface area contributed by atoms with Gasteiger partial charge < -0.3 is 10.6 Å². The normalized spacial score (nSPS) is 11.6. The molecule has 4 nitrogen and oxygen atoms in total. The number of amides is 2. The molecule has 23 heavy (non-hydrogen) atoms. The van der Waals surface area contributed by atoms with Crippen molar-refractivity contribution in [2.24, 2.45) is 0 Å². The molecule has 1 atom stereocenters. The highest BCUT2D eigenvalue weighted by Gasteiger charge is 2.16. The Bertz CT molecular complexity index is 674. The van der Waals surface area contributed by atoms with E-state index in [-0.39, 0.29) is 17.7 Å². The summed E-state index contributed by atoms with van der Waals surface area (Å²) < 4.78 is 0. The van der Waals surface area contributed by atoms with E-state index in [0.717, 1.165) is 23.2 Å². The van der Waals surface area contributed by atoms with Gasteiger partial charge in [0, 0.05) is 5.69 Å². The summed E-state index contributed by atoms with van der Waals surface area (Å²) in [5.74, 6) is -0.807. The van der Waals surface area contributed by atoms with Crippen LogP contribution in [0.5, 0.6) is 0 Å². The summed E-state index contributed by atoms with van der Waals surface area (Å²) in [6, 6.07) is 17.0. The Balaban J connectivity index is 2.08. The molecule has 2 rings (SSSR count). The second-order valence-electron chi connectivity index (χ2n) is 5.23. The minimum atomic E-state index is -0.647. The smallest absolute Gasteiger partial charge is 0.246 e. The fourth-order valence-electron chi connectivity index (χ4n) is 2.20. The number of benzene rings is 2. The minimum Gasteiger partial charge on any atom is -0.344 e. The molecule has 0 heterocycles. The Kier molecular flexibility index (Phi) is 6.18. The van der Waals surface area contributed by atoms with Crippen molar-refractivity contribution in [1.29, 1.82) is 0 Å². The Morgan fingerprint density at radius 3 is 2.39 bits per heavy atom. The number of alkyl halides is 1. The van der Waals surface area contributed by atoms with E-state index in [1.807, 2.05) is 54.6 Å². The highest BCUT2D eigenvalue weighted by Crippen LogP contribution is 2.19. The molecule has 0 aliphatic carbocycles. The van der Waals surface area contributed by atoms with Crippen LogP contribution in [0.15, 0.2) is 54.6 Å². The molecule has 120 valence electrons. The lowest BCUT2D eigenvalue weighted by molar-refractivity contribution is -0.124. The van der Waals surface area contributed by atoms with Crippen LogP contribution in [0.1, 0.15) is 18.1 Å². The standard InChI is InChI=1S/C18H19ClN2O2/c1-13(20-17(22)12-19)18(23)21-16-10-6-5-9-15(16)11-14-7-3-2-4-8-14/h2-10,13H,11-12H2,1H3,(H,20,22)(H,21,23). The number of anilines is 1. The molecule has 0 bridgehead atoms. The molecule has 0 saturated heterocycles. The predicted octanol–water partition coefficient (Wildman–Crippen LogP) is 2.96. The lowest BCUT2D eigenvalue weighted by Gasteiger charge is -2.16. The summed E-state index contributed by atoms with van der Waals surface area (Å²) in [7, 11) is 0. The number of rotatable bonds is 6. The first kappa shape index (κ1) is 17.0. The van der Waals surface area contributed by atoms with Gasteiger partial charge in [0.1, 0.15) is 11.9 Å². The Labute approximate surface area is 140 Å². The van der Waals surface area contributed by atoms with Crippen LogP contribution in [0.3, 0.4) is 0 Å². The van der Waals surface area contributed by atoms with Gasteiger partial charge in [0.05, 0.1) is 0 Å². The van der Waals surface area contributed by atoms with Crippen LogP contribution in [0.2, 0.25) is 0 Å². The number of halogens is 1. The van der Waals surface area contributed by atoms with Crippen molar-refractivity contribution in [3.63, 3.8) is 0 Å². The molecule has 2 N–H and O–H groups in total. The highest BCUT2D eigenvalue weighted by molar-refractivity contribution is 6.27. The molecule has 1 unspecified atom stereocenters. The van der Waals surface area contributed by atoms with Gasteiger partial charge in [-0.3, -0.25) is 9.59 Å². The Morgan fingerprint density at radius 2 is 1.70 bits per heavy atom. The molecule has 0 radical (unpaired) electrons. The Morgan fingerprint density at radius 1 is 1.04 bits per heavy atom. The molecular weight excluding hydrogens is 312 g/mol. The van der Waals surface area contributed by atoms with Crippen LogP contribution in [0.4, 0.5) is 5.69 Å². The van der Waals surface area contributed by atoms with Crippen molar-refractivity contribution in [3.05, 3.63) is 65.7 Å². The molecule has 0 aliphatic heterocycles. The zero-order valence-electron chi connectivity index (χ0n) is 12.9. The monoisotopic (exact) mass is 330 g/mol. The maximum atomic E-state index is 12.2. The van der Waals surface area contributed by atoms with Gasteiger partial charge in [-0.1, -0.05) is 48.5 Å². The molecule has 5 heteroatoms. The number of para-hydroxylation sites is 1. The van der Waals surface area contributed by atoms with Crippen LogP contribution in [-0.4, -0.2) is 23.7 Å². The fourth-order valence-corrected chi connectivity index (χ4v) is 2.28. The second kappa shape index (κ2) is 8.34. The minimum absolute atomic E-state index is 0.164. The predicted molar refractivity (Wildman–Crippen MR) is 92.6 cm³/mol. The number of carbonyl (C=O) groups is 2. The van der Waals surface area contributed by atoms with Gasteiger partial charge in [-0.05, 0) is 30.5 Å². The average Bonchev–Trinajstić information content (AvgIpc) is 2.57. The molecule has 0 spiro atoms. The quantitative estimate of drug-likeness (QED) is 0.800. The first-order valence-corrected chi connectivity index (χ1v) is 7.91. The summed E-state index contributed by atoms with van der Waals surface area (Å²) in [4.78, 5) is 23.5. The van der Waals surface area contributed by atoms with E-state index >= 15 is 0 Å². The average molecular weight is 331 g/mol. The molecule has 2 aromatic rings. The van der Waals surface area contributed by atoms with E-state index in [4.69, 9.17) is 11.6 Å². The number of nitrogens with one attached hydrogen (secondary N) is 2. The third-order valence-corrected chi connectivity index (χ3v) is 3.65. The lowest BCUT2D eigenvalue weighted by atomic mass is 10.0. The lowest BCUT2D eigenvalue weighted by Crippen LogP contribution is -2.42. The third kappa shape index (κ3) is 5.11. The fraction of sp³-hybridized carbons (Fsp3) is 0.222. The van der Waals surface area contributed by atoms with Crippen LogP contribution in [0.25, 0.3) is 0 Å². The zero-order valence-corrected chi connectivity index (χ0v) is 13.6. The van der Waals surface area contributed by atoms with Crippen molar-refractivity contribution in [2.75, 3.05) is 11.2 Å². The summed E-state index contributed by atoms with van der Waals surface area (Å²) in [6.07, 6.45) is 0.722.